The lowest BCUT2D eigenvalue weighted by atomic mass is 9.96. The van der Waals surface area contributed by atoms with E-state index in [1.165, 1.54) is 6.08 Å². The maximum atomic E-state index is 14.5. The van der Waals surface area contributed by atoms with Crippen molar-refractivity contribution >= 4 is 17.9 Å². The summed E-state index contributed by atoms with van der Waals surface area (Å²) >= 11 is 0. The molecule has 13 atom stereocenters. The summed E-state index contributed by atoms with van der Waals surface area (Å²) in [5.74, 6) is -2.36. The highest BCUT2D eigenvalue weighted by Crippen LogP contribution is 2.37. The standard InChI is InChI=1S/C64H62O14/c1-2-38-69-57-55(76-61(66)50-34-20-8-21-35-50)53(44-72-60(65)49-32-18-7-19-33-49)75-64(59(57)77-62(67)51-36-22-9-23-37-51)78-58-56(71-41-47-28-14-5-15-29-47)54(70-40-46-26-12-4-13-27-46)52(43-68-39-45-24-10-3-11-25-45)74-63(58)73-42-48-30-16-6-17-31-48/h2-37,52-59,63-64H,1,38-44H2/t52-,53-,54-,55-,56+,57+,58+,59+,63?,64-/m1/s1/i39D,40D,41D/t39?,40?,41?,52-,53-,54-,55-,56+,57+,58+,59+,63?,64-. The Morgan fingerprint density at radius 3 is 1.35 bits per heavy atom. The lowest BCUT2D eigenvalue weighted by molar-refractivity contribution is -0.376. The molecule has 9 rings (SSSR count). The van der Waals surface area contributed by atoms with E-state index in [9.17, 15) is 17.1 Å². The van der Waals surface area contributed by atoms with Gasteiger partial charge in [-0.15, -0.1) is 6.58 Å². The van der Waals surface area contributed by atoms with Gasteiger partial charge in [0.05, 0.1) is 60.4 Å². The molecule has 0 N–H and O–H groups in total. The van der Waals surface area contributed by atoms with Crippen LogP contribution in [-0.2, 0) is 78.5 Å². The molecule has 2 aliphatic rings. The minimum Gasteiger partial charge on any atom is -0.459 e. The van der Waals surface area contributed by atoms with Crippen molar-refractivity contribution in [2.24, 2.45) is 0 Å². The lowest BCUT2D eigenvalue weighted by Gasteiger charge is -2.49. The normalized spacial score (nSPS) is 24.6. The zero-order chi connectivity index (χ0) is 56.3. The first-order chi connectivity index (χ1) is 39.6. The Balaban J connectivity index is 1.17. The Bertz CT molecular complexity index is 3030. The van der Waals surface area contributed by atoms with Gasteiger partial charge in [0.15, 0.2) is 24.8 Å². The van der Waals surface area contributed by atoms with Crippen LogP contribution in [0, 0.1) is 0 Å². The molecule has 2 saturated heterocycles. The smallest absolute Gasteiger partial charge is 0.338 e. The van der Waals surface area contributed by atoms with Crippen molar-refractivity contribution in [1.82, 2.24) is 0 Å². The van der Waals surface area contributed by atoms with Gasteiger partial charge in [-0.1, -0.05) is 182 Å². The zero-order valence-corrected chi connectivity index (χ0v) is 42.5. The average molecular weight is 1060 g/mol. The van der Waals surface area contributed by atoms with Crippen LogP contribution in [0.4, 0.5) is 0 Å². The van der Waals surface area contributed by atoms with Gasteiger partial charge in [0.2, 0.25) is 0 Å². The molecule has 2 aliphatic heterocycles. The molecule has 14 heteroatoms. The van der Waals surface area contributed by atoms with E-state index in [2.05, 4.69) is 6.58 Å². The number of carbonyl (C=O) groups excluding carboxylic acids is 3. The van der Waals surface area contributed by atoms with E-state index in [0.29, 0.717) is 16.7 Å². The first-order valence-electron chi connectivity index (χ1n) is 27.3. The summed E-state index contributed by atoms with van der Waals surface area (Å²) < 4.78 is 101. The quantitative estimate of drug-likeness (QED) is 0.0303. The second-order valence-corrected chi connectivity index (χ2v) is 18.1. The summed E-state index contributed by atoms with van der Waals surface area (Å²) in [6.07, 6.45) is -13.2. The van der Waals surface area contributed by atoms with Crippen molar-refractivity contribution in [3.63, 3.8) is 0 Å². The molecule has 7 aromatic rings. The summed E-state index contributed by atoms with van der Waals surface area (Å²) in [4.78, 5) is 42.4. The molecule has 0 aliphatic carbocycles. The molecular formula is C64H62O14. The molecule has 0 saturated carbocycles. The van der Waals surface area contributed by atoms with Gasteiger partial charge in [-0.25, -0.2) is 14.4 Å². The number of rotatable bonds is 25. The van der Waals surface area contributed by atoms with Crippen LogP contribution in [0.25, 0.3) is 0 Å². The molecule has 2 heterocycles. The monoisotopic (exact) mass is 1060 g/mol. The third-order valence-electron chi connectivity index (χ3n) is 12.6. The number of esters is 3. The summed E-state index contributed by atoms with van der Waals surface area (Å²) in [6.45, 7) is -1.24. The van der Waals surface area contributed by atoms with Crippen molar-refractivity contribution in [3.05, 3.63) is 264 Å². The Morgan fingerprint density at radius 2 is 0.833 bits per heavy atom. The maximum Gasteiger partial charge on any atom is 0.338 e. The predicted molar refractivity (Wildman–Crippen MR) is 288 cm³/mol. The molecule has 2 fully saturated rings. The largest absolute Gasteiger partial charge is 0.459 e. The van der Waals surface area contributed by atoms with Crippen LogP contribution < -0.4 is 0 Å². The highest BCUT2D eigenvalue weighted by atomic mass is 16.8. The number of ether oxygens (including phenoxy) is 11. The SMILES string of the molecule is [2H]C(OC[C@H]1OC(OCc2ccccc2)[C@@H](O[C@H]2O[C@H](COC(=O)c3ccccc3)[C@@H](OC(=O)c3ccccc3)[C@H](OCC=C)[C@@H]2OC(=O)c2ccccc2)[C@@H](OC([2H])c2ccccc2)[C@@H]1OC([2H])c1ccccc1)c1ccccc1. The topological polar surface area (TPSA) is 153 Å². The minimum absolute atomic E-state index is 0.0606. The fraction of sp³-hybridized carbons (Fsp3) is 0.266. The number of hydrogen-bond donors (Lipinski definition) is 0. The third-order valence-corrected chi connectivity index (χ3v) is 12.6. The number of benzene rings is 7. The van der Waals surface area contributed by atoms with Crippen LogP contribution in [0.3, 0.4) is 0 Å². The van der Waals surface area contributed by atoms with Crippen molar-refractivity contribution < 1.29 is 70.6 Å². The van der Waals surface area contributed by atoms with E-state index < -0.39 is 106 Å². The lowest BCUT2D eigenvalue weighted by Crippen LogP contribution is -2.67. The number of carbonyl (C=O) groups is 3. The van der Waals surface area contributed by atoms with E-state index in [1.54, 1.807) is 170 Å². The molecule has 402 valence electrons. The molecule has 78 heavy (non-hydrogen) atoms. The zero-order valence-electron chi connectivity index (χ0n) is 45.5. The molecule has 0 amide bonds. The van der Waals surface area contributed by atoms with Crippen LogP contribution in [0.5, 0.6) is 0 Å². The molecule has 0 aromatic heterocycles. The van der Waals surface area contributed by atoms with Crippen molar-refractivity contribution in [2.45, 2.75) is 87.8 Å². The Labute approximate surface area is 458 Å². The molecule has 4 unspecified atom stereocenters. The number of hydrogen-bond acceptors (Lipinski definition) is 14. The van der Waals surface area contributed by atoms with Gasteiger partial charge in [0, 0.05) is 0 Å². The Hall–Kier alpha value is -7.63. The maximum absolute atomic E-state index is 14.5. The highest BCUT2D eigenvalue weighted by Gasteiger charge is 2.56. The predicted octanol–water partition coefficient (Wildman–Crippen LogP) is 10.3. The van der Waals surface area contributed by atoms with Crippen molar-refractivity contribution in [3.8, 4) is 0 Å². The first-order valence-corrected chi connectivity index (χ1v) is 25.6. The van der Waals surface area contributed by atoms with Gasteiger partial charge in [0.25, 0.3) is 0 Å². The van der Waals surface area contributed by atoms with Gasteiger partial charge in [-0.3, -0.25) is 0 Å². The minimum atomic E-state index is -1.76. The van der Waals surface area contributed by atoms with E-state index in [1.807, 2.05) is 42.5 Å². The van der Waals surface area contributed by atoms with Crippen LogP contribution in [0.15, 0.2) is 225 Å². The van der Waals surface area contributed by atoms with Gasteiger partial charge < -0.3 is 52.1 Å². The van der Waals surface area contributed by atoms with Crippen LogP contribution in [-0.4, -0.2) is 99.1 Å². The molecule has 7 aromatic carbocycles. The van der Waals surface area contributed by atoms with Gasteiger partial charge in [0.1, 0.15) is 43.2 Å². The second kappa shape index (κ2) is 28.7. The van der Waals surface area contributed by atoms with E-state index in [4.69, 9.17) is 53.5 Å². The summed E-state index contributed by atoms with van der Waals surface area (Å²) in [6, 6.07) is 60.4. The Kier molecular flexibility index (Phi) is 18.8. The van der Waals surface area contributed by atoms with Crippen LogP contribution >= 0.6 is 0 Å². The highest BCUT2D eigenvalue weighted by molar-refractivity contribution is 5.90. The molecule has 0 radical (unpaired) electrons. The summed E-state index contributed by atoms with van der Waals surface area (Å²) in [5.41, 5.74) is 2.75. The fourth-order valence-electron chi connectivity index (χ4n) is 8.77. The molecule has 14 nitrogen and oxygen atoms in total. The molecule has 0 spiro atoms. The van der Waals surface area contributed by atoms with Crippen LogP contribution in [0.1, 0.15) is 57.4 Å². The van der Waals surface area contributed by atoms with Crippen molar-refractivity contribution in [1.29, 1.82) is 0 Å². The van der Waals surface area contributed by atoms with Crippen molar-refractivity contribution in [2.75, 3.05) is 19.8 Å². The van der Waals surface area contributed by atoms with Gasteiger partial charge >= 0.3 is 17.9 Å². The van der Waals surface area contributed by atoms with E-state index in [0.717, 1.165) is 5.56 Å². The molecule has 0 bridgehead atoms. The first kappa shape index (κ1) is 51.1. The summed E-state index contributed by atoms with van der Waals surface area (Å²) in [7, 11) is 0. The van der Waals surface area contributed by atoms with Gasteiger partial charge in [-0.2, -0.15) is 0 Å². The summed E-state index contributed by atoms with van der Waals surface area (Å²) in [5, 5.41) is 0. The Morgan fingerprint density at radius 1 is 0.423 bits per heavy atom. The molecular weight excluding hydrogens is 993 g/mol. The van der Waals surface area contributed by atoms with Gasteiger partial charge in [-0.05, 0) is 58.7 Å². The second-order valence-electron chi connectivity index (χ2n) is 18.1. The fourth-order valence-corrected chi connectivity index (χ4v) is 8.77. The van der Waals surface area contributed by atoms with Crippen LogP contribution in [0.2, 0.25) is 0 Å². The van der Waals surface area contributed by atoms with E-state index >= 15 is 0 Å². The third kappa shape index (κ3) is 15.3. The van der Waals surface area contributed by atoms with E-state index in [-0.39, 0.29) is 36.5 Å². The average Bonchev–Trinajstić information content (AvgIpc) is 3.66.